The zero-order valence-electron chi connectivity index (χ0n) is 29.7. The monoisotopic (exact) mass is 681 g/mol. The molecule has 1 fully saturated rings. The number of H-pyrrole nitrogens is 1. The molecule has 2 aliphatic rings. The number of para-hydroxylation sites is 2. The number of aromatic nitrogens is 2. The van der Waals surface area contributed by atoms with E-state index in [2.05, 4.69) is 22.5 Å². The Labute approximate surface area is 292 Å². The van der Waals surface area contributed by atoms with Gasteiger partial charge in [0.1, 0.15) is 11.9 Å². The molecule has 3 aromatic carbocycles. The second kappa shape index (κ2) is 14.8. The van der Waals surface area contributed by atoms with Gasteiger partial charge < -0.3 is 34.7 Å². The highest BCUT2D eigenvalue weighted by Gasteiger charge is 2.34. The quantitative estimate of drug-likeness (QED) is 0.186. The van der Waals surface area contributed by atoms with Gasteiger partial charge in [0.15, 0.2) is 11.5 Å². The highest BCUT2D eigenvalue weighted by molar-refractivity contribution is 5.86. The molecule has 3 N–H and O–H groups in total. The number of fused-ring (bicyclic) bond motifs is 4. The smallest absolute Gasteiger partial charge is 0.245 e. The molecule has 0 spiro atoms. The lowest BCUT2D eigenvalue weighted by molar-refractivity contribution is -0.134. The maximum Gasteiger partial charge on any atom is 0.245 e. The van der Waals surface area contributed by atoms with E-state index in [1.54, 1.807) is 33.5 Å². The number of methoxy groups -OCH3 is 3. The number of amides is 2. The SMILES string of the molecule is CCC(C)C(Nc1ccc2c(cc1=O)C(NC(C)=O)CCc1cc(OC)c(OC)c(OC)c1-2)C(=O)N1CCC(c2nc3ccccc3[nH]2)CC1. The lowest BCUT2D eigenvalue weighted by Gasteiger charge is -2.35. The van der Waals surface area contributed by atoms with Gasteiger partial charge in [0.05, 0.1) is 44.1 Å². The molecule has 3 unspecified atom stereocenters. The number of nitrogens with zero attached hydrogens (tertiary/aromatic N) is 2. The minimum absolute atomic E-state index is 0.0187. The summed E-state index contributed by atoms with van der Waals surface area (Å²) in [6, 6.07) is 14.1. The normalized spacial score (nSPS) is 17.2. The fraction of sp³-hybridized carbons (Fsp3) is 0.436. The Morgan fingerprint density at radius 2 is 1.74 bits per heavy atom. The minimum Gasteiger partial charge on any atom is -0.493 e. The average Bonchev–Trinajstić information content (AvgIpc) is 3.43. The molecule has 4 aromatic rings. The molecule has 264 valence electrons. The fourth-order valence-corrected chi connectivity index (χ4v) is 7.41. The van der Waals surface area contributed by atoms with Gasteiger partial charge in [-0.15, -0.1) is 0 Å². The zero-order chi connectivity index (χ0) is 35.5. The number of imidazole rings is 1. The molecule has 2 heterocycles. The summed E-state index contributed by atoms with van der Waals surface area (Å²) in [6.07, 6.45) is 3.52. The summed E-state index contributed by atoms with van der Waals surface area (Å²) in [5.74, 6) is 2.42. The van der Waals surface area contributed by atoms with Crippen LogP contribution in [0.1, 0.15) is 75.4 Å². The van der Waals surface area contributed by atoms with Crippen LogP contribution < -0.4 is 30.3 Å². The van der Waals surface area contributed by atoms with Gasteiger partial charge in [-0.2, -0.15) is 0 Å². The van der Waals surface area contributed by atoms with Crippen molar-refractivity contribution < 1.29 is 23.8 Å². The first kappa shape index (κ1) is 34.8. The Balaban J connectivity index is 1.33. The van der Waals surface area contributed by atoms with Crippen molar-refractivity contribution in [2.24, 2.45) is 5.92 Å². The van der Waals surface area contributed by atoms with Crippen LogP contribution in [-0.4, -0.2) is 67.1 Å². The third kappa shape index (κ3) is 6.73. The lowest BCUT2D eigenvalue weighted by atomic mass is 9.93. The number of hydrogen-bond donors (Lipinski definition) is 3. The summed E-state index contributed by atoms with van der Waals surface area (Å²) in [7, 11) is 4.71. The van der Waals surface area contributed by atoms with Gasteiger partial charge in [-0.25, -0.2) is 4.98 Å². The van der Waals surface area contributed by atoms with Gasteiger partial charge in [0.25, 0.3) is 0 Å². The molecule has 2 amide bonds. The number of ether oxygens (including phenoxy) is 3. The van der Waals surface area contributed by atoms with Crippen LogP contribution in [0.4, 0.5) is 5.69 Å². The zero-order valence-corrected chi connectivity index (χ0v) is 29.7. The minimum atomic E-state index is -0.602. The molecule has 0 bridgehead atoms. The van der Waals surface area contributed by atoms with Crippen LogP contribution in [0.3, 0.4) is 0 Å². The fourth-order valence-electron chi connectivity index (χ4n) is 7.41. The number of likely N-dealkylation sites (tertiary alicyclic amines) is 1. The molecule has 3 atom stereocenters. The third-order valence-electron chi connectivity index (χ3n) is 10.3. The van der Waals surface area contributed by atoms with Gasteiger partial charge in [0.2, 0.25) is 23.0 Å². The van der Waals surface area contributed by atoms with Gasteiger partial charge in [-0.1, -0.05) is 38.5 Å². The van der Waals surface area contributed by atoms with Gasteiger partial charge in [-0.05, 0) is 78.6 Å². The Morgan fingerprint density at radius 3 is 2.40 bits per heavy atom. The Kier molecular flexibility index (Phi) is 10.3. The van der Waals surface area contributed by atoms with Gasteiger partial charge in [-0.3, -0.25) is 14.4 Å². The summed E-state index contributed by atoms with van der Waals surface area (Å²) in [4.78, 5) is 50.8. The van der Waals surface area contributed by atoms with Crippen molar-refractivity contribution >= 4 is 28.5 Å². The van der Waals surface area contributed by atoms with Gasteiger partial charge in [0, 0.05) is 31.5 Å². The molecule has 50 heavy (non-hydrogen) atoms. The highest BCUT2D eigenvalue weighted by Crippen LogP contribution is 2.50. The number of rotatable bonds is 10. The molecule has 6 rings (SSSR count). The van der Waals surface area contributed by atoms with E-state index < -0.39 is 12.1 Å². The molecule has 11 heteroatoms. The van der Waals surface area contributed by atoms with E-state index in [1.165, 1.54) is 6.92 Å². The van der Waals surface area contributed by atoms with Crippen molar-refractivity contribution in [3.8, 4) is 28.4 Å². The van der Waals surface area contributed by atoms with E-state index >= 15 is 0 Å². The van der Waals surface area contributed by atoms with Crippen molar-refractivity contribution in [3.63, 3.8) is 0 Å². The number of benzene rings is 2. The van der Waals surface area contributed by atoms with Gasteiger partial charge >= 0.3 is 0 Å². The van der Waals surface area contributed by atoms with Crippen LogP contribution in [0.5, 0.6) is 17.2 Å². The van der Waals surface area contributed by atoms with E-state index in [1.807, 2.05) is 48.2 Å². The van der Waals surface area contributed by atoms with Crippen molar-refractivity contribution in [3.05, 3.63) is 75.7 Å². The highest BCUT2D eigenvalue weighted by atomic mass is 16.5. The van der Waals surface area contributed by atoms with Crippen LogP contribution >= 0.6 is 0 Å². The molecule has 1 aliphatic heterocycles. The summed E-state index contributed by atoms with van der Waals surface area (Å²) in [6.45, 7) is 6.77. The van der Waals surface area contributed by atoms with Crippen LogP contribution in [0.25, 0.3) is 22.2 Å². The van der Waals surface area contributed by atoms with Crippen molar-refractivity contribution in [2.45, 2.75) is 70.9 Å². The van der Waals surface area contributed by atoms with E-state index in [4.69, 9.17) is 19.2 Å². The molecule has 1 saturated heterocycles. The molecule has 11 nitrogen and oxygen atoms in total. The summed E-state index contributed by atoms with van der Waals surface area (Å²) in [5.41, 5.74) is 5.14. The second-order valence-corrected chi connectivity index (χ2v) is 13.3. The van der Waals surface area contributed by atoms with Crippen molar-refractivity contribution in [1.29, 1.82) is 0 Å². The largest absolute Gasteiger partial charge is 0.493 e. The second-order valence-electron chi connectivity index (χ2n) is 13.3. The number of hydrogen-bond acceptors (Lipinski definition) is 8. The summed E-state index contributed by atoms with van der Waals surface area (Å²) in [5, 5.41) is 6.43. The topological polar surface area (TPSA) is 135 Å². The average molecular weight is 682 g/mol. The van der Waals surface area contributed by atoms with Crippen molar-refractivity contribution in [2.75, 3.05) is 39.7 Å². The Morgan fingerprint density at radius 1 is 1.00 bits per heavy atom. The predicted molar refractivity (Wildman–Crippen MR) is 194 cm³/mol. The molecule has 0 saturated carbocycles. The number of carbonyl (C=O) groups excluding carboxylic acids is 2. The van der Waals surface area contributed by atoms with E-state index in [9.17, 15) is 14.4 Å². The molecular weight excluding hydrogens is 634 g/mol. The van der Waals surface area contributed by atoms with Crippen LogP contribution in [0.15, 0.2) is 53.3 Å². The molecule has 1 aromatic heterocycles. The summed E-state index contributed by atoms with van der Waals surface area (Å²) < 4.78 is 17.3. The predicted octanol–water partition coefficient (Wildman–Crippen LogP) is 5.97. The standard InChI is InChI=1S/C39H47N5O6/c1-7-22(2)35(39(47)44-18-16-24(17-19-44)38-42-29-10-8-9-11-30(29)43-38)41-31-15-13-26-27(21-32(31)46)28(40-23(3)45)14-12-25-20-33(48-4)36(49-5)37(50-6)34(25)26/h8-11,13,15,20-22,24,28,35H,7,12,14,16-19H2,1-6H3,(H,40,45)(H,41,46)(H,42,43). The number of aryl methyl sites for hydroxylation is 1. The molecule has 1 aliphatic carbocycles. The Hall–Kier alpha value is -5.06. The third-order valence-corrected chi connectivity index (χ3v) is 10.3. The maximum absolute atomic E-state index is 14.2. The Bertz CT molecular complexity index is 1920. The van der Waals surface area contributed by atoms with E-state index in [-0.39, 0.29) is 29.1 Å². The van der Waals surface area contributed by atoms with Crippen molar-refractivity contribution in [1.82, 2.24) is 20.2 Å². The number of aromatic amines is 1. The number of anilines is 1. The number of carbonyl (C=O) groups is 2. The van der Waals surface area contributed by atoms with Crippen LogP contribution in [-0.2, 0) is 16.0 Å². The van der Waals surface area contributed by atoms with E-state index in [0.29, 0.717) is 54.4 Å². The lowest BCUT2D eigenvalue weighted by Crippen LogP contribution is -2.49. The molecular formula is C39H47N5O6. The first-order valence-corrected chi connectivity index (χ1v) is 17.4. The number of piperidine rings is 1. The first-order valence-electron chi connectivity index (χ1n) is 17.4. The van der Waals surface area contributed by atoms with E-state index in [0.717, 1.165) is 52.8 Å². The summed E-state index contributed by atoms with van der Waals surface area (Å²) >= 11 is 0. The first-order chi connectivity index (χ1) is 24.2. The molecule has 0 radical (unpaired) electrons. The number of nitrogens with one attached hydrogen (secondary N) is 3. The van der Waals surface area contributed by atoms with Crippen LogP contribution in [0.2, 0.25) is 0 Å². The van der Waals surface area contributed by atoms with Crippen LogP contribution in [0, 0.1) is 5.92 Å². The maximum atomic E-state index is 14.2.